The number of hydrogen-bond acceptors (Lipinski definition) is 4. The largest absolute Gasteiger partial charge is 0.395 e. The minimum Gasteiger partial charge on any atom is -0.395 e. The van der Waals surface area contributed by atoms with Crippen molar-refractivity contribution in [3.8, 4) is 10.6 Å². The van der Waals surface area contributed by atoms with Crippen LogP contribution < -0.4 is 0 Å². The van der Waals surface area contributed by atoms with E-state index in [2.05, 4.69) is 4.98 Å². The number of likely N-dealkylation sites (N-methyl/N-ethyl adjacent to an activating group) is 1. The minimum atomic E-state index is -0.245. The average molecular weight is 329 g/mol. The van der Waals surface area contributed by atoms with Crippen LogP contribution >= 0.6 is 22.9 Å². The Kier molecular flexibility index (Phi) is 5.70. The predicted molar refractivity (Wildman–Crippen MR) is 85.1 cm³/mol. The first kappa shape index (κ1) is 16.4. The van der Waals surface area contributed by atoms with Crippen molar-refractivity contribution in [1.29, 1.82) is 0 Å². The van der Waals surface area contributed by atoms with E-state index >= 15 is 0 Å². The van der Waals surface area contributed by atoms with E-state index in [4.69, 9.17) is 16.7 Å². The highest BCUT2D eigenvalue weighted by Crippen LogP contribution is 2.26. The molecule has 6 heteroatoms. The number of rotatable bonds is 6. The molecule has 2 rings (SSSR count). The summed E-state index contributed by atoms with van der Waals surface area (Å²) in [5.74, 6) is 0.131. The van der Waals surface area contributed by atoms with Gasteiger partial charge in [0.1, 0.15) is 10.8 Å². The fourth-order valence-corrected chi connectivity index (χ4v) is 2.94. The van der Waals surface area contributed by atoms with Crippen molar-refractivity contribution in [2.75, 3.05) is 13.7 Å². The standard InChI is InChI=1S/C15H18ClFN2OS/c1-10(8-20)19(2)7-12-5-11(3-4-14(12)17)15-18-13(6-16)9-21-15/h3-5,9-10,20H,6-8H2,1-2H3. The van der Waals surface area contributed by atoms with Gasteiger partial charge in [0, 0.05) is 29.1 Å². The third kappa shape index (κ3) is 4.01. The molecule has 0 saturated carbocycles. The number of aliphatic hydroxyl groups is 1. The average Bonchev–Trinajstić information content (AvgIpc) is 2.97. The first-order chi connectivity index (χ1) is 10.0. The van der Waals surface area contributed by atoms with E-state index in [0.29, 0.717) is 18.0 Å². The third-order valence-electron chi connectivity index (χ3n) is 3.42. The number of aliphatic hydroxyl groups excluding tert-OH is 1. The van der Waals surface area contributed by atoms with E-state index in [-0.39, 0.29) is 18.5 Å². The second kappa shape index (κ2) is 7.31. The van der Waals surface area contributed by atoms with Gasteiger partial charge in [0.2, 0.25) is 0 Å². The molecule has 114 valence electrons. The van der Waals surface area contributed by atoms with Gasteiger partial charge in [-0.1, -0.05) is 0 Å². The second-order valence-corrected chi connectivity index (χ2v) is 6.16. The van der Waals surface area contributed by atoms with Crippen molar-refractivity contribution >= 4 is 22.9 Å². The van der Waals surface area contributed by atoms with Crippen LogP contribution in [0.4, 0.5) is 4.39 Å². The quantitative estimate of drug-likeness (QED) is 0.824. The first-order valence-corrected chi connectivity index (χ1v) is 8.06. The molecule has 0 spiro atoms. The Bertz CT molecular complexity index is 605. The molecule has 0 bridgehead atoms. The summed E-state index contributed by atoms with van der Waals surface area (Å²) < 4.78 is 14.0. The highest BCUT2D eigenvalue weighted by atomic mass is 35.5. The zero-order valence-corrected chi connectivity index (χ0v) is 13.6. The summed E-state index contributed by atoms with van der Waals surface area (Å²) in [6.45, 7) is 2.38. The molecule has 0 aliphatic heterocycles. The molecule has 0 fully saturated rings. The number of thiazole rings is 1. The van der Waals surface area contributed by atoms with Gasteiger partial charge in [0.25, 0.3) is 0 Å². The zero-order chi connectivity index (χ0) is 15.4. The van der Waals surface area contributed by atoms with Gasteiger partial charge in [-0.25, -0.2) is 9.37 Å². The zero-order valence-electron chi connectivity index (χ0n) is 12.0. The van der Waals surface area contributed by atoms with Gasteiger partial charge >= 0.3 is 0 Å². The lowest BCUT2D eigenvalue weighted by atomic mass is 10.1. The summed E-state index contributed by atoms with van der Waals surface area (Å²) in [6.07, 6.45) is 0. The number of benzene rings is 1. The van der Waals surface area contributed by atoms with Crippen LogP contribution in [0, 0.1) is 5.82 Å². The van der Waals surface area contributed by atoms with Gasteiger partial charge in [-0.2, -0.15) is 0 Å². The predicted octanol–water partition coefficient (Wildman–Crippen LogP) is 3.50. The second-order valence-electron chi connectivity index (χ2n) is 5.03. The lowest BCUT2D eigenvalue weighted by Crippen LogP contribution is -2.31. The van der Waals surface area contributed by atoms with Crippen LogP contribution in [0.25, 0.3) is 10.6 Å². The molecule has 1 atom stereocenters. The Labute approximate surface area is 133 Å². The summed E-state index contributed by atoms with van der Waals surface area (Å²) in [7, 11) is 1.86. The minimum absolute atomic E-state index is 0.0178. The molecule has 1 aromatic carbocycles. The van der Waals surface area contributed by atoms with Crippen LogP contribution in [-0.2, 0) is 12.4 Å². The fraction of sp³-hybridized carbons (Fsp3) is 0.400. The van der Waals surface area contributed by atoms with Crippen molar-refractivity contribution in [2.24, 2.45) is 0 Å². The maximum absolute atomic E-state index is 14.0. The summed E-state index contributed by atoms with van der Waals surface area (Å²) in [5, 5.41) is 11.9. The van der Waals surface area contributed by atoms with Crippen LogP contribution in [0.5, 0.6) is 0 Å². The monoisotopic (exact) mass is 328 g/mol. The van der Waals surface area contributed by atoms with Crippen LogP contribution in [0.1, 0.15) is 18.2 Å². The lowest BCUT2D eigenvalue weighted by molar-refractivity contribution is 0.153. The molecule has 0 aliphatic rings. The van der Waals surface area contributed by atoms with Crippen molar-refractivity contribution < 1.29 is 9.50 Å². The Hall–Kier alpha value is -1.01. The molecular formula is C15H18ClFN2OS. The van der Waals surface area contributed by atoms with Crippen molar-refractivity contribution in [3.05, 3.63) is 40.7 Å². The highest BCUT2D eigenvalue weighted by molar-refractivity contribution is 7.13. The van der Waals surface area contributed by atoms with Gasteiger partial charge < -0.3 is 5.11 Å². The number of hydrogen-bond donors (Lipinski definition) is 1. The smallest absolute Gasteiger partial charge is 0.127 e. The maximum atomic E-state index is 14.0. The summed E-state index contributed by atoms with van der Waals surface area (Å²) in [4.78, 5) is 6.32. The van der Waals surface area contributed by atoms with Crippen LogP contribution in [-0.4, -0.2) is 34.7 Å². The summed E-state index contributed by atoms with van der Waals surface area (Å²) in [6, 6.07) is 4.98. The Morgan fingerprint density at radius 1 is 1.48 bits per heavy atom. The molecule has 0 amide bonds. The van der Waals surface area contributed by atoms with Gasteiger partial charge in [-0.3, -0.25) is 4.90 Å². The molecule has 0 saturated heterocycles. The number of aromatic nitrogens is 1. The van der Waals surface area contributed by atoms with E-state index in [9.17, 15) is 4.39 Å². The Balaban J connectivity index is 2.24. The topological polar surface area (TPSA) is 36.4 Å². The molecule has 0 aliphatic carbocycles. The lowest BCUT2D eigenvalue weighted by Gasteiger charge is -2.23. The van der Waals surface area contributed by atoms with Gasteiger partial charge in [0.05, 0.1) is 18.2 Å². The van der Waals surface area contributed by atoms with Crippen LogP contribution in [0.15, 0.2) is 23.6 Å². The maximum Gasteiger partial charge on any atom is 0.127 e. The molecule has 1 aromatic heterocycles. The van der Waals surface area contributed by atoms with E-state index in [1.54, 1.807) is 6.07 Å². The van der Waals surface area contributed by atoms with Gasteiger partial charge in [0.15, 0.2) is 0 Å². The Morgan fingerprint density at radius 2 is 2.24 bits per heavy atom. The number of alkyl halides is 1. The first-order valence-electron chi connectivity index (χ1n) is 6.65. The van der Waals surface area contributed by atoms with Crippen molar-refractivity contribution in [1.82, 2.24) is 9.88 Å². The van der Waals surface area contributed by atoms with Crippen molar-refractivity contribution in [3.63, 3.8) is 0 Å². The fourth-order valence-electron chi connectivity index (χ4n) is 1.89. The molecule has 1 N–H and O–H groups in total. The third-order valence-corrected chi connectivity index (χ3v) is 4.63. The van der Waals surface area contributed by atoms with E-state index in [1.807, 2.05) is 30.3 Å². The molecule has 0 radical (unpaired) electrons. The van der Waals surface area contributed by atoms with Crippen LogP contribution in [0.2, 0.25) is 0 Å². The molecule has 1 heterocycles. The number of nitrogens with zero attached hydrogens (tertiary/aromatic N) is 2. The van der Waals surface area contributed by atoms with Gasteiger partial charge in [-0.15, -0.1) is 22.9 Å². The van der Waals surface area contributed by atoms with E-state index < -0.39 is 0 Å². The molecule has 21 heavy (non-hydrogen) atoms. The highest BCUT2D eigenvalue weighted by Gasteiger charge is 2.13. The summed E-state index contributed by atoms with van der Waals surface area (Å²) in [5.41, 5.74) is 2.31. The summed E-state index contributed by atoms with van der Waals surface area (Å²) >= 11 is 7.26. The van der Waals surface area contributed by atoms with Crippen molar-refractivity contribution in [2.45, 2.75) is 25.4 Å². The molecule has 1 unspecified atom stereocenters. The van der Waals surface area contributed by atoms with Gasteiger partial charge in [-0.05, 0) is 32.2 Å². The molecular weight excluding hydrogens is 311 g/mol. The molecule has 3 nitrogen and oxygen atoms in total. The number of halogens is 2. The Morgan fingerprint density at radius 3 is 2.86 bits per heavy atom. The van der Waals surface area contributed by atoms with Crippen LogP contribution in [0.3, 0.4) is 0 Å². The normalized spacial score (nSPS) is 12.9. The molecule has 2 aromatic rings. The SMILES string of the molecule is CC(CO)N(C)Cc1cc(-c2nc(CCl)cs2)ccc1F. The van der Waals surface area contributed by atoms with E-state index in [1.165, 1.54) is 17.4 Å². The van der Waals surface area contributed by atoms with E-state index in [0.717, 1.165) is 16.3 Å².